The lowest BCUT2D eigenvalue weighted by atomic mass is 10.4. The minimum Gasteiger partial charge on any atom is -0.352 e. The fraction of sp³-hybridized carbons (Fsp3) is 0.429. The number of aromatic nitrogens is 2. The van der Waals surface area contributed by atoms with Crippen molar-refractivity contribution in [1.29, 1.82) is 0 Å². The van der Waals surface area contributed by atoms with E-state index >= 15 is 0 Å². The lowest BCUT2D eigenvalue weighted by Gasteiger charge is -2.22. The van der Waals surface area contributed by atoms with Gasteiger partial charge in [0, 0.05) is 42.9 Å². The highest BCUT2D eigenvalue weighted by Gasteiger charge is 2.33. The zero-order valence-electron chi connectivity index (χ0n) is 13.4. The van der Waals surface area contributed by atoms with Crippen LogP contribution in [0.15, 0.2) is 27.1 Å². The summed E-state index contributed by atoms with van der Waals surface area (Å²) in [6.07, 6.45) is -2.46. The quantitative estimate of drug-likeness (QED) is 0.604. The predicted molar refractivity (Wildman–Crippen MR) is 91.9 cm³/mol. The van der Waals surface area contributed by atoms with E-state index in [0.717, 1.165) is 26.9 Å². The molecule has 2 rings (SSSR count). The molecule has 0 aliphatic rings. The average Bonchev–Trinajstić information content (AvgIpc) is 3.06. The summed E-state index contributed by atoms with van der Waals surface area (Å²) in [6, 6.07) is 2.00. The Morgan fingerprint density at radius 1 is 1.50 bits per heavy atom. The average molecular weight is 424 g/mol. The fourth-order valence-electron chi connectivity index (χ4n) is 2.10. The van der Waals surface area contributed by atoms with E-state index in [0.29, 0.717) is 17.5 Å². The number of aryl methyl sites for hydroxylation is 1. The van der Waals surface area contributed by atoms with Crippen molar-refractivity contribution in [3.05, 3.63) is 38.5 Å². The smallest absolute Gasteiger partial charge is 0.352 e. The zero-order chi connectivity index (χ0) is 17.9. The molecule has 2 aromatic rings. The second-order valence-corrected chi connectivity index (χ2v) is 7.00. The predicted octanol–water partition coefficient (Wildman–Crippen LogP) is 3.47. The summed E-state index contributed by atoms with van der Waals surface area (Å²) in [6.45, 7) is 0.794. The van der Waals surface area contributed by atoms with Gasteiger partial charge < -0.3 is 14.8 Å². The van der Waals surface area contributed by atoms with E-state index in [1.807, 2.05) is 35.8 Å². The summed E-state index contributed by atoms with van der Waals surface area (Å²) in [4.78, 5) is 9.64. The van der Waals surface area contributed by atoms with Gasteiger partial charge >= 0.3 is 6.18 Å². The van der Waals surface area contributed by atoms with Crippen LogP contribution >= 0.6 is 27.3 Å². The number of thiazole rings is 1. The van der Waals surface area contributed by atoms with Crippen molar-refractivity contribution in [1.82, 2.24) is 19.8 Å². The summed E-state index contributed by atoms with van der Waals surface area (Å²) >= 11 is 4.40. The summed E-state index contributed by atoms with van der Waals surface area (Å²) in [5, 5.41) is 4.41. The number of hydrogen-bond acceptors (Lipinski definition) is 3. The van der Waals surface area contributed by atoms with Crippen LogP contribution in [0.3, 0.4) is 0 Å². The summed E-state index contributed by atoms with van der Waals surface area (Å²) in [5.74, 6) is 0.580. The van der Waals surface area contributed by atoms with Gasteiger partial charge in [-0.25, -0.2) is 4.98 Å². The van der Waals surface area contributed by atoms with E-state index in [1.165, 1.54) is 0 Å². The Balaban J connectivity index is 1.97. The lowest BCUT2D eigenvalue weighted by molar-refractivity contribution is -0.140. The molecule has 10 heteroatoms. The molecule has 0 fully saturated rings. The normalized spacial score (nSPS) is 12.5. The van der Waals surface area contributed by atoms with Gasteiger partial charge in [-0.3, -0.25) is 4.99 Å². The molecule has 0 unspecified atom stereocenters. The van der Waals surface area contributed by atoms with Crippen molar-refractivity contribution in [3.8, 4) is 0 Å². The first kappa shape index (κ1) is 18.8. The van der Waals surface area contributed by atoms with Crippen molar-refractivity contribution in [2.75, 3.05) is 14.1 Å². The summed E-state index contributed by atoms with van der Waals surface area (Å²) < 4.78 is 40.7. The van der Waals surface area contributed by atoms with E-state index in [9.17, 15) is 13.2 Å². The topological polar surface area (TPSA) is 45.5 Å². The highest BCUT2D eigenvalue weighted by atomic mass is 79.9. The van der Waals surface area contributed by atoms with Gasteiger partial charge in [-0.2, -0.15) is 13.2 Å². The standard InChI is InChI=1S/C14H17BrF3N5S/c1-19-13(23(3)7-10-4-9(15)6-22(10)2)20-5-12-21-11(8-24-12)14(16,17)18/h4,6,8H,5,7H2,1-3H3,(H,19,20). The van der Waals surface area contributed by atoms with Gasteiger partial charge in [0.05, 0.1) is 13.1 Å². The molecule has 0 saturated carbocycles. The molecule has 0 aliphatic carbocycles. The molecule has 2 heterocycles. The molecule has 5 nitrogen and oxygen atoms in total. The van der Waals surface area contributed by atoms with Crippen LogP contribution in [0, 0.1) is 0 Å². The molecule has 0 spiro atoms. The molecule has 0 bridgehead atoms. The summed E-state index contributed by atoms with van der Waals surface area (Å²) in [5.41, 5.74) is 0.210. The molecule has 0 radical (unpaired) electrons. The molecule has 132 valence electrons. The van der Waals surface area contributed by atoms with Crippen molar-refractivity contribution < 1.29 is 13.2 Å². The van der Waals surface area contributed by atoms with Crippen LogP contribution in [-0.2, 0) is 26.3 Å². The molecule has 0 saturated heterocycles. The van der Waals surface area contributed by atoms with Crippen LogP contribution in [0.2, 0.25) is 0 Å². The van der Waals surface area contributed by atoms with Gasteiger partial charge in [-0.15, -0.1) is 11.3 Å². The van der Waals surface area contributed by atoms with Crippen LogP contribution in [0.4, 0.5) is 13.2 Å². The molecular weight excluding hydrogens is 407 g/mol. The molecule has 1 N–H and O–H groups in total. The van der Waals surface area contributed by atoms with Crippen LogP contribution in [0.1, 0.15) is 16.4 Å². The number of rotatable bonds is 4. The number of nitrogens with zero attached hydrogens (tertiary/aromatic N) is 4. The Morgan fingerprint density at radius 2 is 2.21 bits per heavy atom. The highest BCUT2D eigenvalue weighted by molar-refractivity contribution is 9.10. The van der Waals surface area contributed by atoms with Gasteiger partial charge in [0.25, 0.3) is 0 Å². The lowest BCUT2D eigenvalue weighted by Crippen LogP contribution is -2.38. The number of hydrogen-bond donors (Lipinski definition) is 1. The molecular formula is C14H17BrF3N5S. The Kier molecular flexibility index (Phi) is 5.92. The Hall–Kier alpha value is -1.55. The van der Waals surface area contributed by atoms with Crippen LogP contribution in [-0.4, -0.2) is 34.5 Å². The molecule has 0 atom stereocenters. The first-order valence-electron chi connectivity index (χ1n) is 6.95. The maximum atomic E-state index is 12.6. The van der Waals surface area contributed by atoms with E-state index in [4.69, 9.17) is 0 Å². The van der Waals surface area contributed by atoms with Crippen molar-refractivity contribution in [3.63, 3.8) is 0 Å². The number of aliphatic imine (C=N–C) groups is 1. The van der Waals surface area contributed by atoms with Gasteiger partial charge in [0.1, 0.15) is 5.01 Å². The Bertz CT molecular complexity index is 722. The number of halogens is 4. The van der Waals surface area contributed by atoms with Crippen LogP contribution in [0.25, 0.3) is 0 Å². The van der Waals surface area contributed by atoms with E-state index in [1.54, 1.807) is 7.05 Å². The SMILES string of the molecule is CN=C(NCc1nc(C(F)(F)F)cs1)N(C)Cc1cc(Br)cn1C. The van der Waals surface area contributed by atoms with Crippen LogP contribution < -0.4 is 5.32 Å². The number of guanidine groups is 1. The minimum atomic E-state index is -4.41. The van der Waals surface area contributed by atoms with Crippen molar-refractivity contribution >= 4 is 33.2 Å². The van der Waals surface area contributed by atoms with Crippen molar-refractivity contribution in [2.24, 2.45) is 12.0 Å². The molecule has 2 aromatic heterocycles. The first-order valence-corrected chi connectivity index (χ1v) is 8.62. The molecule has 0 aliphatic heterocycles. The van der Waals surface area contributed by atoms with E-state index in [2.05, 4.69) is 31.2 Å². The third-order valence-electron chi connectivity index (χ3n) is 3.29. The Morgan fingerprint density at radius 3 is 2.71 bits per heavy atom. The van der Waals surface area contributed by atoms with E-state index < -0.39 is 11.9 Å². The second kappa shape index (κ2) is 7.56. The largest absolute Gasteiger partial charge is 0.434 e. The Labute approximate surface area is 150 Å². The third kappa shape index (κ3) is 4.73. The molecule has 0 aromatic carbocycles. The number of nitrogens with one attached hydrogen (secondary N) is 1. The zero-order valence-corrected chi connectivity index (χ0v) is 15.8. The van der Waals surface area contributed by atoms with Gasteiger partial charge in [0.2, 0.25) is 0 Å². The highest BCUT2D eigenvalue weighted by Crippen LogP contribution is 2.29. The van der Waals surface area contributed by atoms with Gasteiger partial charge in [0.15, 0.2) is 11.7 Å². The summed E-state index contributed by atoms with van der Waals surface area (Å²) in [7, 11) is 5.43. The van der Waals surface area contributed by atoms with Crippen LogP contribution in [0.5, 0.6) is 0 Å². The monoisotopic (exact) mass is 423 g/mol. The maximum absolute atomic E-state index is 12.6. The van der Waals surface area contributed by atoms with Gasteiger partial charge in [-0.1, -0.05) is 0 Å². The maximum Gasteiger partial charge on any atom is 0.434 e. The molecule has 24 heavy (non-hydrogen) atoms. The second-order valence-electron chi connectivity index (χ2n) is 5.14. The first-order chi connectivity index (χ1) is 11.2. The number of alkyl halides is 3. The fourth-order valence-corrected chi connectivity index (χ4v) is 3.41. The minimum absolute atomic E-state index is 0.189. The molecule has 0 amide bonds. The van der Waals surface area contributed by atoms with E-state index in [-0.39, 0.29) is 6.54 Å². The third-order valence-corrected chi connectivity index (χ3v) is 4.57. The van der Waals surface area contributed by atoms with Gasteiger partial charge in [-0.05, 0) is 22.0 Å². The van der Waals surface area contributed by atoms with Crippen molar-refractivity contribution in [2.45, 2.75) is 19.3 Å².